The van der Waals surface area contributed by atoms with Crippen molar-refractivity contribution >= 4 is 0 Å². The third-order valence-corrected chi connectivity index (χ3v) is 2.92. The fourth-order valence-electron chi connectivity index (χ4n) is 2.26. The molecule has 0 saturated heterocycles. The molecule has 1 nitrogen and oxygen atoms in total. The van der Waals surface area contributed by atoms with Gasteiger partial charge in [0.2, 0.25) is 0 Å². The minimum absolute atomic E-state index is 0.513. The van der Waals surface area contributed by atoms with Crippen molar-refractivity contribution in [2.75, 3.05) is 14.1 Å². The van der Waals surface area contributed by atoms with E-state index in [0.29, 0.717) is 5.41 Å². The molecule has 1 heteroatoms. The Kier molecular flexibility index (Phi) is 2.82. The average Bonchev–Trinajstić information content (AvgIpc) is 1.77. The molecule has 0 bridgehead atoms. The van der Waals surface area contributed by atoms with E-state index < -0.39 is 0 Å². The lowest BCUT2D eigenvalue weighted by molar-refractivity contribution is 0.0724. The van der Waals surface area contributed by atoms with Gasteiger partial charge in [-0.05, 0) is 44.7 Å². The van der Waals surface area contributed by atoms with Crippen LogP contribution < -0.4 is 0 Å². The number of rotatable bonds is 2. The largest absolute Gasteiger partial charge is 0.306 e. The zero-order valence-corrected chi connectivity index (χ0v) is 9.22. The van der Waals surface area contributed by atoms with E-state index in [1.165, 1.54) is 19.3 Å². The van der Waals surface area contributed by atoms with Gasteiger partial charge in [-0.1, -0.05) is 20.8 Å². The summed E-state index contributed by atoms with van der Waals surface area (Å²) in [5, 5.41) is 0. The Labute approximate surface area is 77.1 Å². The SMILES string of the molecule is CN(C)[C@@H]1CC[C@@H]1CC(C)(C)C. The van der Waals surface area contributed by atoms with Gasteiger partial charge in [0.25, 0.3) is 0 Å². The molecule has 1 aliphatic rings. The Morgan fingerprint density at radius 2 is 1.75 bits per heavy atom. The molecule has 72 valence electrons. The second kappa shape index (κ2) is 3.37. The minimum atomic E-state index is 0.513. The van der Waals surface area contributed by atoms with Crippen molar-refractivity contribution in [2.45, 2.75) is 46.1 Å². The average molecular weight is 169 g/mol. The van der Waals surface area contributed by atoms with Crippen LogP contribution in [0.15, 0.2) is 0 Å². The Hall–Kier alpha value is -0.0400. The maximum absolute atomic E-state index is 2.39. The zero-order chi connectivity index (χ0) is 9.35. The first-order valence-corrected chi connectivity index (χ1v) is 5.06. The van der Waals surface area contributed by atoms with Crippen molar-refractivity contribution in [3.8, 4) is 0 Å². The molecule has 2 atom stereocenters. The first kappa shape index (κ1) is 10.0. The van der Waals surface area contributed by atoms with Crippen molar-refractivity contribution < 1.29 is 0 Å². The summed E-state index contributed by atoms with van der Waals surface area (Å²) in [7, 11) is 4.42. The predicted octanol–water partition coefficient (Wildman–Crippen LogP) is 2.76. The quantitative estimate of drug-likeness (QED) is 0.614. The maximum Gasteiger partial charge on any atom is 0.0118 e. The molecule has 1 fully saturated rings. The monoisotopic (exact) mass is 169 g/mol. The van der Waals surface area contributed by atoms with Crippen LogP contribution in [-0.4, -0.2) is 25.0 Å². The second-order valence-corrected chi connectivity index (χ2v) is 5.63. The summed E-state index contributed by atoms with van der Waals surface area (Å²) in [4.78, 5) is 2.39. The van der Waals surface area contributed by atoms with Gasteiger partial charge in [0, 0.05) is 6.04 Å². The third-order valence-electron chi connectivity index (χ3n) is 2.92. The van der Waals surface area contributed by atoms with E-state index in [1.807, 2.05) is 0 Å². The molecular formula is C11H23N. The normalized spacial score (nSPS) is 30.5. The molecule has 0 radical (unpaired) electrons. The van der Waals surface area contributed by atoms with Gasteiger partial charge in [0.15, 0.2) is 0 Å². The Morgan fingerprint density at radius 3 is 2.00 bits per heavy atom. The highest BCUT2D eigenvalue weighted by Gasteiger charge is 2.34. The number of nitrogens with zero attached hydrogens (tertiary/aromatic N) is 1. The van der Waals surface area contributed by atoms with Crippen LogP contribution in [-0.2, 0) is 0 Å². The van der Waals surface area contributed by atoms with Crippen LogP contribution in [0.1, 0.15) is 40.0 Å². The summed E-state index contributed by atoms with van der Waals surface area (Å²) < 4.78 is 0. The number of hydrogen-bond donors (Lipinski definition) is 0. The van der Waals surface area contributed by atoms with E-state index in [0.717, 1.165) is 12.0 Å². The van der Waals surface area contributed by atoms with Crippen LogP contribution in [0.3, 0.4) is 0 Å². The maximum atomic E-state index is 2.39. The molecule has 0 unspecified atom stereocenters. The lowest BCUT2D eigenvalue weighted by Crippen LogP contribution is -2.44. The van der Waals surface area contributed by atoms with Crippen molar-refractivity contribution in [1.29, 1.82) is 0 Å². The van der Waals surface area contributed by atoms with Crippen molar-refractivity contribution in [3.05, 3.63) is 0 Å². The van der Waals surface area contributed by atoms with Crippen LogP contribution >= 0.6 is 0 Å². The van der Waals surface area contributed by atoms with Crippen LogP contribution in [0.4, 0.5) is 0 Å². The van der Waals surface area contributed by atoms with E-state index in [1.54, 1.807) is 0 Å². The molecule has 0 aliphatic heterocycles. The van der Waals surface area contributed by atoms with Gasteiger partial charge in [-0.3, -0.25) is 0 Å². The Bertz CT molecular complexity index is 144. The van der Waals surface area contributed by atoms with Crippen molar-refractivity contribution in [2.24, 2.45) is 11.3 Å². The molecule has 0 N–H and O–H groups in total. The van der Waals surface area contributed by atoms with Crippen LogP contribution in [0.5, 0.6) is 0 Å². The first-order chi connectivity index (χ1) is 5.40. The van der Waals surface area contributed by atoms with E-state index in [-0.39, 0.29) is 0 Å². The Balaban J connectivity index is 2.35. The fourth-order valence-corrected chi connectivity index (χ4v) is 2.26. The Morgan fingerprint density at radius 1 is 1.17 bits per heavy atom. The summed E-state index contributed by atoms with van der Waals surface area (Å²) in [6.45, 7) is 7.04. The summed E-state index contributed by atoms with van der Waals surface area (Å²) in [5.74, 6) is 0.958. The molecule has 1 aliphatic carbocycles. The summed E-state index contributed by atoms with van der Waals surface area (Å²) in [5.41, 5.74) is 0.513. The van der Waals surface area contributed by atoms with Crippen LogP contribution in [0.25, 0.3) is 0 Å². The van der Waals surface area contributed by atoms with Gasteiger partial charge in [-0.15, -0.1) is 0 Å². The predicted molar refractivity (Wildman–Crippen MR) is 54.3 cm³/mol. The molecule has 1 saturated carbocycles. The molecule has 12 heavy (non-hydrogen) atoms. The minimum Gasteiger partial charge on any atom is -0.306 e. The highest BCUT2D eigenvalue weighted by molar-refractivity contribution is 4.88. The first-order valence-electron chi connectivity index (χ1n) is 5.06. The van der Waals surface area contributed by atoms with Crippen LogP contribution in [0.2, 0.25) is 0 Å². The molecule has 0 spiro atoms. The topological polar surface area (TPSA) is 3.24 Å². The van der Waals surface area contributed by atoms with Crippen molar-refractivity contribution in [1.82, 2.24) is 4.90 Å². The molecule has 0 aromatic rings. The molecule has 1 rings (SSSR count). The van der Waals surface area contributed by atoms with Gasteiger partial charge in [0.1, 0.15) is 0 Å². The summed E-state index contributed by atoms with van der Waals surface area (Å²) in [6.07, 6.45) is 4.24. The molecular weight excluding hydrogens is 146 g/mol. The smallest absolute Gasteiger partial charge is 0.0118 e. The van der Waals surface area contributed by atoms with E-state index in [4.69, 9.17) is 0 Å². The fraction of sp³-hybridized carbons (Fsp3) is 1.00. The summed E-state index contributed by atoms with van der Waals surface area (Å²) in [6, 6.07) is 0.865. The second-order valence-electron chi connectivity index (χ2n) is 5.63. The molecule has 0 aromatic carbocycles. The van der Waals surface area contributed by atoms with E-state index >= 15 is 0 Å². The van der Waals surface area contributed by atoms with Gasteiger partial charge >= 0.3 is 0 Å². The van der Waals surface area contributed by atoms with Gasteiger partial charge in [0.05, 0.1) is 0 Å². The van der Waals surface area contributed by atoms with E-state index in [2.05, 4.69) is 39.8 Å². The third kappa shape index (κ3) is 2.48. The zero-order valence-electron chi connectivity index (χ0n) is 9.22. The van der Waals surface area contributed by atoms with Crippen LogP contribution in [0, 0.1) is 11.3 Å². The molecule has 0 aromatic heterocycles. The lowest BCUT2D eigenvalue weighted by Gasteiger charge is -2.44. The highest BCUT2D eigenvalue weighted by atomic mass is 15.1. The lowest BCUT2D eigenvalue weighted by atomic mass is 9.70. The molecule has 0 amide bonds. The van der Waals surface area contributed by atoms with Gasteiger partial charge < -0.3 is 4.90 Å². The molecule has 0 heterocycles. The van der Waals surface area contributed by atoms with Gasteiger partial charge in [-0.25, -0.2) is 0 Å². The van der Waals surface area contributed by atoms with E-state index in [9.17, 15) is 0 Å². The highest BCUT2D eigenvalue weighted by Crippen LogP contribution is 2.39. The number of hydrogen-bond acceptors (Lipinski definition) is 1. The summed E-state index contributed by atoms with van der Waals surface area (Å²) >= 11 is 0. The van der Waals surface area contributed by atoms with Gasteiger partial charge in [-0.2, -0.15) is 0 Å². The standard InChI is InChI=1S/C11H23N/c1-11(2,3)8-9-6-7-10(9)12(4)5/h9-10H,6-8H2,1-5H3/t9-,10-/m1/s1. The van der Waals surface area contributed by atoms with Crippen molar-refractivity contribution in [3.63, 3.8) is 0 Å².